The van der Waals surface area contributed by atoms with Crippen molar-refractivity contribution in [3.05, 3.63) is 59.7 Å². The third-order valence-corrected chi connectivity index (χ3v) is 3.05. The summed E-state index contributed by atoms with van der Waals surface area (Å²) < 4.78 is 0. The van der Waals surface area contributed by atoms with E-state index >= 15 is 0 Å². The molecule has 0 heterocycles. The summed E-state index contributed by atoms with van der Waals surface area (Å²) in [5, 5.41) is 0. The molecule has 0 radical (unpaired) electrons. The first-order valence-electron chi connectivity index (χ1n) is 5.15. The summed E-state index contributed by atoms with van der Waals surface area (Å²) in [6, 6.07) is 17.4. The number of rotatable bonds is 2. The van der Waals surface area contributed by atoms with Crippen LogP contribution in [0.4, 0.5) is 0 Å². The monoisotopic (exact) mass is 214 g/mol. The van der Waals surface area contributed by atoms with Crippen LogP contribution in [-0.2, 0) is 6.16 Å². The molecule has 2 rings (SSSR count). The topological polar surface area (TPSA) is 0 Å². The van der Waals surface area contributed by atoms with Gasteiger partial charge in [0.15, 0.2) is 0 Å². The van der Waals surface area contributed by atoms with Crippen LogP contribution in [0, 0.1) is 6.92 Å². The van der Waals surface area contributed by atoms with E-state index < -0.39 is 0 Å². The molecule has 1 unspecified atom stereocenters. The average molecular weight is 214 g/mol. The Kier molecular flexibility index (Phi) is 3.18. The number of aryl methyl sites for hydroxylation is 1. The third kappa shape index (κ3) is 2.46. The molecular weight excluding hydrogens is 199 g/mol. The first-order valence-corrected chi connectivity index (χ1v) is 5.97. The Morgan fingerprint density at radius 2 is 1.27 bits per heavy atom. The Hall–Kier alpha value is -1.13. The van der Waals surface area contributed by atoms with E-state index in [9.17, 15) is 0 Å². The largest absolute Gasteiger partial charge is 0.133 e. The minimum absolute atomic E-state index is 1.02. The molecule has 0 aromatic heterocycles. The van der Waals surface area contributed by atoms with Gasteiger partial charge in [-0.05, 0) is 29.8 Å². The Morgan fingerprint density at radius 1 is 0.800 bits per heavy atom. The van der Waals surface area contributed by atoms with Crippen LogP contribution in [0.25, 0.3) is 11.1 Å². The molecule has 1 atom stereocenters. The predicted octanol–water partition coefficient (Wildman–Crippen LogP) is 4.04. The van der Waals surface area contributed by atoms with E-state index in [0.29, 0.717) is 0 Å². The number of benzene rings is 2. The molecule has 0 aliphatic rings. The zero-order chi connectivity index (χ0) is 10.7. The Labute approximate surface area is 93.5 Å². The van der Waals surface area contributed by atoms with Gasteiger partial charge in [-0.3, -0.25) is 0 Å². The maximum Gasteiger partial charge on any atom is -0.0128 e. The fraction of sp³-hybridized carbons (Fsp3) is 0.143. The first kappa shape index (κ1) is 10.4. The van der Waals surface area contributed by atoms with E-state index in [0.717, 1.165) is 6.16 Å². The highest BCUT2D eigenvalue weighted by molar-refractivity contribution is 7.15. The van der Waals surface area contributed by atoms with Gasteiger partial charge in [-0.25, -0.2) is 0 Å². The van der Waals surface area contributed by atoms with Gasteiger partial charge in [0.05, 0.1) is 0 Å². The molecule has 15 heavy (non-hydrogen) atoms. The molecule has 1 heteroatoms. The summed E-state index contributed by atoms with van der Waals surface area (Å²) in [4.78, 5) is 0. The van der Waals surface area contributed by atoms with Gasteiger partial charge in [0.1, 0.15) is 0 Å². The first-order chi connectivity index (χ1) is 7.29. The van der Waals surface area contributed by atoms with Gasteiger partial charge < -0.3 is 0 Å². The molecule has 2 aromatic carbocycles. The van der Waals surface area contributed by atoms with Crippen molar-refractivity contribution < 1.29 is 0 Å². The van der Waals surface area contributed by atoms with Crippen molar-refractivity contribution in [2.75, 3.05) is 0 Å². The molecule has 0 saturated carbocycles. The summed E-state index contributed by atoms with van der Waals surface area (Å²) in [7, 11) is 2.74. The normalized spacial score (nSPS) is 10.3. The minimum Gasteiger partial charge on any atom is -0.133 e. The highest BCUT2D eigenvalue weighted by atomic mass is 31.0. The average Bonchev–Trinajstić information content (AvgIpc) is 2.30. The van der Waals surface area contributed by atoms with E-state index in [4.69, 9.17) is 0 Å². The van der Waals surface area contributed by atoms with E-state index in [-0.39, 0.29) is 0 Å². The summed E-state index contributed by atoms with van der Waals surface area (Å²) >= 11 is 0. The fourth-order valence-corrected chi connectivity index (χ4v) is 1.85. The van der Waals surface area contributed by atoms with E-state index in [1.54, 1.807) is 0 Å². The van der Waals surface area contributed by atoms with Gasteiger partial charge in [-0.1, -0.05) is 54.1 Å². The minimum atomic E-state index is 1.02. The molecule has 0 nitrogen and oxygen atoms in total. The Morgan fingerprint density at radius 3 is 1.73 bits per heavy atom. The molecule has 0 saturated heterocycles. The van der Waals surface area contributed by atoms with Gasteiger partial charge in [-0.2, -0.15) is 0 Å². The Bertz CT molecular complexity index is 426. The van der Waals surface area contributed by atoms with Crippen molar-refractivity contribution in [2.24, 2.45) is 0 Å². The van der Waals surface area contributed by atoms with Crippen molar-refractivity contribution in [3.63, 3.8) is 0 Å². The van der Waals surface area contributed by atoms with Crippen LogP contribution in [0.3, 0.4) is 0 Å². The summed E-state index contributed by atoms with van der Waals surface area (Å²) in [5.41, 5.74) is 5.24. The maximum absolute atomic E-state index is 2.74. The SMILES string of the molecule is Cc1ccc(-c2ccc(CP)cc2)cc1. The van der Waals surface area contributed by atoms with Crippen molar-refractivity contribution in [1.29, 1.82) is 0 Å². The lowest BCUT2D eigenvalue weighted by atomic mass is 10.0. The highest BCUT2D eigenvalue weighted by Gasteiger charge is 1.96. The number of hydrogen-bond donors (Lipinski definition) is 0. The van der Waals surface area contributed by atoms with E-state index in [1.165, 1.54) is 22.3 Å². The lowest BCUT2D eigenvalue weighted by molar-refractivity contribution is 1.41. The van der Waals surface area contributed by atoms with Crippen LogP contribution < -0.4 is 0 Å². The van der Waals surface area contributed by atoms with Gasteiger partial charge >= 0.3 is 0 Å². The highest BCUT2D eigenvalue weighted by Crippen LogP contribution is 2.20. The molecule has 76 valence electrons. The standard InChI is InChI=1S/C14H15P/c1-11-2-6-13(7-3-11)14-8-4-12(10-15)5-9-14/h2-9H,10,15H2,1H3. The van der Waals surface area contributed by atoms with Gasteiger partial charge in [0.25, 0.3) is 0 Å². The molecule has 0 N–H and O–H groups in total. The van der Waals surface area contributed by atoms with Crippen LogP contribution in [0.1, 0.15) is 11.1 Å². The number of hydrogen-bond acceptors (Lipinski definition) is 0. The zero-order valence-electron chi connectivity index (χ0n) is 8.90. The van der Waals surface area contributed by atoms with Gasteiger partial charge in [0, 0.05) is 0 Å². The molecule has 0 amide bonds. The maximum atomic E-state index is 2.74. The van der Waals surface area contributed by atoms with Gasteiger partial charge in [-0.15, -0.1) is 9.24 Å². The summed E-state index contributed by atoms with van der Waals surface area (Å²) in [6.45, 7) is 2.11. The summed E-state index contributed by atoms with van der Waals surface area (Å²) in [6.07, 6.45) is 1.02. The van der Waals surface area contributed by atoms with Crippen molar-refractivity contribution in [1.82, 2.24) is 0 Å². The second-order valence-electron chi connectivity index (χ2n) is 3.77. The molecule has 0 aliphatic heterocycles. The third-order valence-electron chi connectivity index (χ3n) is 2.57. The molecule has 0 fully saturated rings. The van der Waals surface area contributed by atoms with Crippen LogP contribution >= 0.6 is 9.24 Å². The fourth-order valence-electron chi connectivity index (χ4n) is 1.58. The van der Waals surface area contributed by atoms with Crippen LogP contribution in [-0.4, -0.2) is 0 Å². The summed E-state index contributed by atoms with van der Waals surface area (Å²) in [5.74, 6) is 0. The van der Waals surface area contributed by atoms with Crippen molar-refractivity contribution in [3.8, 4) is 11.1 Å². The molecule has 0 spiro atoms. The second kappa shape index (κ2) is 4.59. The lowest BCUT2D eigenvalue weighted by Crippen LogP contribution is -1.80. The molecule has 0 bridgehead atoms. The molecule has 2 aromatic rings. The van der Waals surface area contributed by atoms with E-state index in [1.807, 2.05) is 0 Å². The van der Waals surface area contributed by atoms with E-state index in [2.05, 4.69) is 64.7 Å². The Balaban J connectivity index is 2.33. The van der Waals surface area contributed by atoms with Gasteiger partial charge in [0.2, 0.25) is 0 Å². The smallest absolute Gasteiger partial charge is 0.0128 e. The van der Waals surface area contributed by atoms with Crippen LogP contribution in [0.2, 0.25) is 0 Å². The quantitative estimate of drug-likeness (QED) is 0.662. The molecule has 0 aliphatic carbocycles. The molecular formula is C14H15P. The zero-order valence-corrected chi connectivity index (χ0v) is 10.1. The van der Waals surface area contributed by atoms with Crippen LogP contribution in [0.5, 0.6) is 0 Å². The predicted molar refractivity (Wildman–Crippen MR) is 70.0 cm³/mol. The second-order valence-corrected chi connectivity index (χ2v) is 4.18. The van der Waals surface area contributed by atoms with Crippen LogP contribution in [0.15, 0.2) is 48.5 Å². The van der Waals surface area contributed by atoms with Crippen molar-refractivity contribution >= 4 is 9.24 Å². The lowest BCUT2D eigenvalue weighted by Gasteiger charge is -2.03. The van der Waals surface area contributed by atoms with Crippen molar-refractivity contribution in [2.45, 2.75) is 13.1 Å².